The molecule has 2 atom stereocenters. The standard InChI is InChI=1S/C10H13NO3/c1-7(10(13)14)9(12)6-8-4-2-3-5-11-8/h2-5,7,9,12H,6H2,1H3,(H,13,14). The van der Waals surface area contributed by atoms with Crippen molar-refractivity contribution >= 4 is 5.97 Å². The summed E-state index contributed by atoms with van der Waals surface area (Å²) < 4.78 is 0. The topological polar surface area (TPSA) is 70.4 Å². The lowest BCUT2D eigenvalue weighted by atomic mass is 10.0. The lowest BCUT2D eigenvalue weighted by molar-refractivity contribution is -0.144. The number of rotatable bonds is 4. The number of pyridine rings is 1. The lowest BCUT2D eigenvalue weighted by Gasteiger charge is -2.13. The molecule has 14 heavy (non-hydrogen) atoms. The van der Waals surface area contributed by atoms with Crippen molar-refractivity contribution in [1.82, 2.24) is 4.98 Å². The van der Waals surface area contributed by atoms with Crippen LogP contribution in [0.3, 0.4) is 0 Å². The van der Waals surface area contributed by atoms with Crippen molar-refractivity contribution in [3.63, 3.8) is 0 Å². The van der Waals surface area contributed by atoms with Gasteiger partial charge in [0.1, 0.15) is 0 Å². The van der Waals surface area contributed by atoms with Gasteiger partial charge in [0, 0.05) is 18.3 Å². The molecule has 0 amide bonds. The molecule has 4 heteroatoms. The van der Waals surface area contributed by atoms with Crippen LogP contribution >= 0.6 is 0 Å². The molecule has 0 fully saturated rings. The minimum atomic E-state index is -0.992. The number of hydrogen-bond acceptors (Lipinski definition) is 3. The number of nitrogens with zero attached hydrogens (tertiary/aromatic N) is 1. The maximum absolute atomic E-state index is 10.6. The number of carbonyl (C=O) groups is 1. The van der Waals surface area contributed by atoms with E-state index in [0.29, 0.717) is 5.69 Å². The Bertz CT molecular complexity index is 299. The molecular weight excluding hydrogens is 182 g/mol. The van der Waals surface area contributed by atoms with E-state index in [0.717, 1.165) is 0 Å². The first-order valence-electron chi connectivity index (χ1n) is 4.42. The van der Waals surface area contributed by atoms with Crippen molar-refractivity contribution in [1.29, 1.82) is 0 Å². The van der Waals surface area contributed by atoms with E-state index in [2.05, 4.69) is 4.98 Å². The fraction of sp³-hybridized carbons (Fsp3) is 0.400. The number of aromatic nitrogens is 1. The van der Waals surface area contributed by atoms with E-state index in [9.17, 15) is 9.90 Å². The summed E-state index contributed by atoms with van der Waals surface area (Å²) in [6, 6.07) is 5.34. The van der Waals surface area contributed by atoms with Crippen LogP contribution in [0.2, 0.25) is 0 Å². The summed E-state index contributed by atoms with van der Waals surface area (Å²) in [5.74, 6) is -1.76. The smallest absolute Gasteiger partial charge is 0.308 e. The van der Waals surface area contributed by atoms with Crippen molar-refractivity contribution in [2.45, 2.75) is 19.4 Å². The van der Waals surface area contributed by atoms with Crippen molar-refractivity contribution < 1.29 is 15.0 Å². The molecule has 1 heterocycles. The van der Waals surface area contributed by atoms with Gasteiger partial charge in [-0.25, -0.2) is 0 Å². The molecule has 0 saturated carbocycles. The Hall–Kier alpha value is -1.42. The van der Waals surface area contributed by atoms with Crippen molar-refractivity contribution in [3.05, 3.63) is 30.1 Å². The van der Waals surface area contributed by atoms with Crippen LogP contribution in [-0.2, 0) is 11.2 Å². The lowest BCUT2D eigenvalue weighted by Crippen LogP contribution is -2.27. The Morgan fingerprint density at radius 3 is 2.79 bits per heavy atom. The number of aliphatic hydroxyl groups excluding tert-OH is 1. The highest BCUT2D eigenvalue weighted by Crippen LogP contribution is 2.08. The van der Waals surface area contributed by atoms with E-state index in [1.165, 1.54) is 6.92 Å². The molecule has 0 saturated heterocycles. The zero-order valence-corrected chi connectivity index (χ0v) is 7.92. The third-order valence-corrected chi connectivity index (χ3v) is 2.11. The second-order valence-corrected chi connectivity index (χ2v) is 3.22. The van der Waals surface area contributed by atoms with Gasteiger partial charge in [-0.15, -0.1) is 0 Å². The van der Waals surface area contributed by atoms with Crippen molar-refractivity contribution in [2.24, 2.45) is 5.92 Å². The van der Waals surface area contributed by atoms with Gasteiger partial charge in [0.05, 0.1) is 12.0 Å². The molecule has 0 aliphatic rings. The first kappa shape index (κ1) is 10.7. The SMILES string of the molecule is CC(C(=O)O)C(O)Cc1ccccn1. The molecule has 1 rings (SSSR count). The Kier molecular flexibility index (Phi) is 3.59. The summed E-state index contributed by atoms with van der Waals surface area (Å²) in [7, 11) is 0. The molecule has 4 nitrogen and oxygen atoms in total. The molecule has 2 unspecified atom stereocenters. The highest BCUT2D eigenvalue weighted by atomic mass is 16.4. The predicted octanol–water partition coefficient (Wildman–Crippen LogP) is 0.706. The highest BCUT2D eigenvalue weighted by molar-refractivity contribution is 5.70. The fourth-order valence-corrected chi connectivity index (χ4v) is 1.07. The normalized spacial score (nSPS) is 14.7. The number of aliphatic hydroxyl groups is 1. The largest absolute Gasteiger partial charge is 0.481 e. The summed E-state index contributed by atoms with van der Waals surface area (Å²) >= 11 is 0. The summed E-state index contributed by atoms with van der Waals surface area (Å²) in [6.45, 7) is 1.48. The van der Waals surface area contributed by atoms with Crippen LogP contribution in [0, 0.1) is 5.92 Å². The van der Waals surface area contributed by atoms with Crippen LogP contribution in [0.15, 0.2) is 24.4 Å². The van der Waals surface area contributed by atoms with Crippen LogP contribution in [0.1, 0.15) is 12.6 Å². The van der Waals surface area contributed by atoms with E-state index in [1.807, 2.05) is 0 Å². The molecule has 0 aliphatic heterocycles. The molecule has 0 aromatic carbocycles. The molecule has 0 aliphatic carbocycles. The van der Waals surface area contributed by atoms with Crippen LogP contribution < -0.4 is 0 Å². The van der Waals surface area contributed by atoms with E-state index in [-0.39, 0.29) is 6.42 Å². The molecule has 0 radical (unpaired) electrons. The van der Waals surface area contributed by atoms with E-state index in [4.69, 9.17) is 5.11 Å². The van der Waals surface area contributed by atoms with Gasteiger partial charge in [-0.3, -0.25) is 9.78 Å². The zero-order valence-electron chi connectivity index (χ0n) is 7.92. The van der Waals surface area contributed by atoms with Gasteiger partial charge in [-0.2, -0.15) is 0 Å². The molecule has 76 valence electrons. The van der Waals surface area contributed by atoms with Gasteiger partial charge >= 0.3 is 5.97 Å². The molecule has 2 N–H and O–H groups in total. The Morgan fingerprint density at radius 2 is 2.29 bits per heavy atom. The average molecular weight is 195 g/mol. The van der Waals surface area contributed by atoms with E-state index < -0.39 is 18.0 Å². The summed E-state index contributed by atoms with van der Waals surface area (Å²) in [6.07, 6.45) is 1.00. The molecule has 1 aromatic rings. The minimum absolute atomic E-state index is 0.272. The number of aliphatic carboxylic acids is 1. The molecular formula is C10H13NO3. The average Bonchev–Trinajstić information content (AvgIpc) is 2.18. The minimum Gasteiger partial charge on any atom is -0.481 e. The van der Waals surface area contributed by atoms with Gasteiger partial charge in [0.2, 0.25) is 0 Å². The van der Waals surface area contributed by atoms with Crippen LogP contribution in [-0.4, -0.2) is 27.3 Å². The van der Waals surface area contributed by atoms with Gasteiger partial charge < -0.3 is 10.2 Å². The number of hydrogen-bond donors (Lipinski definition) is 2. The van der Waals surface area contributed by atoms with Crippen molar-refractivity contribution in [3.8, 4) is 0 Å². The first-order valence-corrected chi connectivity index (χ1v) is 4.42. The second-order valence-electron chi connectivity index (χ2n) is 3.22. The Balaban J connectivity index is 2.57. The summed E-state index contributed by atoms with van der Waals surface area (Å²) in [5.41, 5.74) is 0.702. The summed E-state index contributed by atoms with van der Waals surface area (Å²) in [4.78, 5) is 14.6. The molecule has 1 aromatic heterocycles. The van der Waals surface area contributed by atoms with Gasteiger partial charge in [0.25, 0.3) is 0 Å². The van der Waals surface area contributed by atoms with Gasteiger partial charge in [-0.05, 0) is 19.1 Å². The monoisotopic (exact) mass is 195 g/mol. The number of carboxylic acids is 1. The third-order valence-electron chi connectivity index (χ3n) is 2.11. The van der Waals surface area contributed by atoms with Crippen LogP contribution in [0.4, 0.5) is 0 Å². The second kappa shape index (κ2) is 4.72. The third kappa shape index (κ3) is 2.81. The number of carboxylic acid groups (broad SMARTS) is 1. The van der Waals surface area contributed by atoms with Crippen molar-refractivity contribution in [2.75, 3.05) is 0 Å². The first-order chi connectivity index (χ1) is 6.61. The van der Waals surface area contributed by atoms with Crippen LogP contribution in [0.25, 0.3) is 0 Å². The zero-order chi connectivity index (χ0) is 10.6. The summed E-state index contributed by atoms with van der Waals surface area (Å²) in [5, 5.41) is 18.2. The van der Waals surface area contributed by atoms with E-state index in [1.54, 1.807) is 24.4 Å². The quantitative estimate of drug-likeness (QED) is 0.742. The van der Waals surface area contributed by atoms with Gasteiger partial charge in [0.15, 0.2) is 0 Å². The van der Waals surface area contributed by atoms with Gasteiger partial charge in [-0.1, -0.05) is 6.07 Å². The molecule has 0 bridgehead atoms. The van der Waals surface area contributed by atoms with E-state index >= 15 is 0 Å². The predicted molar refractivity (Wildman–Crippen MR) is 50.7 cm³/mol. The van der Waals surface area contributed by atoms with Crippen LogP contribution in [0.5, 0.6) is 0 Å². The maximum atomic E-state index is 10.6. The Labute approximate surface area is 82.2 Å². The Morgan fingerprint density at radius 1 is 1.57 bits per heavy atom. The molecule has 0 spiro atoms. The maximum Gasteiger partial charge on any atom is 0.308 e. The highest BCUT2D eigenvalue weighted by Gasteiger charge is 2.21. The fourth-order valence-electron chi connectivity index (χ4n) is 1.07.